The van der Waals surface area contributed by atoms with Crippen molar-refractivity contribution >= 4 is 12.0 Å². The zero-order valence-electron chi connectivity index (χ0n) is 15.7. The van der Waals surface area contributed by atoms with Gasteiger partial charge in [0.25, 0.3) is 0 Å². The number of hydrogen-bond acceptors (Lipinski definition) is 3. The van der Waals surface area contributed by atoms with Crippen molar-refractivity contribution in [3.63, 3.8) is 0 Å². The van der Waals surface area contributed by atoms with E-state index in [1.165, 1.54) is 4.90 Å². The first-order chi connectivity index (χ1) is 12.3. The summed E-state index contributed by atoms with van der Waals surface area (Å²) in [6.45, 7) is 7.40. The molecular formula is C22H25NO3. The first kappa shape index (κ1) is 18.2. The van der Waals surface area contributed by atoms with Crippen LogP contribution in [0.4, 0.5) is 4.79 Å². The zero-order chi connectivity index (χ0) is 18.9. The summed E-state index contributed by atoms with van der Waals surface area (Å²) in [5.41, 5.74) is 0.458. The number of rotatable bonds is 3. The molecule has 3 rings (SSSR count). The average Bonchev–Trinajstić information content (AvgIpc) is 2.60. The fraction of sp³-hybridized carbons (Fsp3) is 0.364. The van der Waals surface area contributed by atoms with Gasteiger partial charge in [-0.2, -0.15) is 0 Å². The van der Waals surface area contributed by atoms with Crippen molar-refractivity contribution in [3.8, 4) is 0 Å². The second-order valence-electron chi connectivity index (χ2n) is 7.66. The summed E-state index contributed by atoms with van der Waals surface area (Å²) in [6.07, 6.45) is 0.0192. The second-order valence-corrected chi connectivity index (χ2v) is 7.66. The Morgan fingerprint density at radius 1 is 1.04 bits per heavy atom. The molecule has 2 aromatic carbocycles. The molecule has 0 unspecified atom stereocenters. The molecular weight excluding hydrogens is 326 g/mol. The maximum absolute atomic E-state index is 13.3. The number of β-lactam (4-membered cyclic amide) rings is 1. The molecule has 0 spiro atoms. The van der Waals surface area contributed by atoms with E-state index in [1.807, 2.05) is 67.6 Å². The Balaban J connectivity index is 2.08. The molecule has 2 atom stereocenters. The summed E-state index contributed by atoms with van der Waals surface area (Å²) in [5, 5.41) is 0. The maximum Gasteiger partial charge on any atom is 0.417 e. The molecule has 0 bridgehead atoms. The number of benzene rings is 2. The van der Waals surface area contributed by atoms with Crippen LogP contribution < -0.4 is 0 Å². The summed E-state index contributed by atoms with van der Waals surface area (Å²) in [7, 11) is 0. The molecule has 1 aliphatic heterocycles. The molecule has 1 fully saturated rings. The molecule has 136 valence electrons. The topological polar surface area (TPSA) is 46.6 Å². The summed E-state index contributed by atoms with van der Waals surface area (Å²) in [4.78, 5) is 27.3. The Kier molecular flexibility index (Phi) is 4.61. The largest absolute Gasteiger partial charge is 0.443 e. The predicted octanol–water partition coefficient (Wildman–Crippen LogP) is 4.85. The molecule has 0 N–H and O–H groups in total. The molecule has 1 heterocycles. The van der Waals surface area contributed by atoms with Gasteiger partial charge < -0.3 is 4.74 Å². The van der Waals surface area contributed by atoms with E-state index in [0.717, 1.165) is 11.1 Å². The normalized spacial score (nSPS) is 22.7. The highest BCUT2D eigenvalue weighted by Gasteiger charge is 2.64. The van der Waals surface area contributed by atoms with E-state index in [2.05, 4.69) is 0 Å². The summed E-state index contributed by atoms with van der Waals surface area (Å²) < 4.78 is 5.50. The van der Waals surface area contributed by atoms with E-state index in [-0.39, 0.29) is 11.9 Å². The zero-order valence-corrected chi connectivity index (χ0v) is 15.7. The highest BCUT2D eigenvalue weighted by Crippen LogP contribution is 2.54. The standard InChI is InChI=1S/C22H25NO3/c1-5-22(17-14-10-7-11-15-17)18(16-12-8-6-9-13-16)23(19(22)24)20(25)26-21(2,3)4/h6-15,18H,5H2,1-4H3/t18-,22+/m1/s1. The minimum atomic E-state index is -0.750. The minimum absolute atomic E-state index is 0.200. The quantitative estimate of drug-likeness (QED) is 0.743. The van der Waals surface area contributed by atoms with Crippen molar-refractivity contribution in [2.24, 2.45) is 0 Å². The Morgan fingerprint density at radius 3 is 2.08 bits per heavy atom. The molecule has 0 radical (unpaired) electrons. The van der Waals surface area contributed by atoms with Gasteiger partial charge in [-0.3, -0.25) is 4.79 Å². The van der Waals surface area contributed by atoms with Crippen LogP contribution in [0.3, 0.4) is 0 Å². The molecule has 0 aromatic heterocycles. The third-order valence-electron chi connectivity index (χ3n) is 4.88. The van der Waals surface area contributed by atoms with Crippen LogP contribution in [0.2, 0.25) is 0 Å². The predicted molar refractivity (Wildman–Crippen MR) is 101 cm³/mol. The molecule has 2 amide bonds. The molecule has 0 aliphatic carbocycles. The van der Waals surface area contributed by atoms with E-state index < -0.39 is 17.1 Å². The molecule has 26 heavy (non-hydrogen) atoms. The van der Waals surface area contributed by atoms with Crippen LogP contribution in [0, 0.1) is 0 Å². The monoisotopic (exact) mass is 351 g/mol. The lowest BCUT2D eigenvalue weighted by atomic mass is 9.62. The van der Waals surface area contributed by atoms with Gasteiger partial charge in [-0.1, -0.05) is 67.6 Å². The molecule has 1 aliphatic rings. The van der Waals surface area contributed by atoms with Crippen molar-refractivity contribution in [1.29, 1.82) is 0 Å². The van der Waals surface area contributed by atoms with Crippen molar-refractivity contribution in [3.05, 3.63) is 71.8 Å². The fourth-order valence-electron chi connectivity index (χ4n) is 3.74. The third-order valence-corrected chi connectivity index (χ3v) is 4.88. The lowest BCUT2D eigenvalue weighted by Gasteiger charge is -2.54. The van der Waals surface area contributed by atoms with Gasteiger partial charge in [0.05, 0.1) is 11.5 Å². The van der Waals surface area contributed by atoms with Gasteiger partial charge in [0.2, 0.25) is 5.91 Å². The first-order valence-electron chi connectivity index (χ1n) is 8.98. The van der Waals surface area contributed by atoms with Gasteiger partial charge >= 0.3 is 6.09 Å². The number of imide groups is 1. The van der Waals surface area contributed by atoms with Crippen LogP contribution in [0.5, 0.6) is 0 Å². The van der Waals surface area contributed by atoms with Crippen molar-refractivity contribution in [2.45, 2.75) is 51.2 Å². The van der Waals surface area contributed by atoms with E-state index in [1.54, 1.807) is 20.8 Å². The fourth-order valence-corrected chi connectivity index (χ4v) is 3.74. The lowest BCUT2D eigenvalue weighted by molar-refractivity contribution is -0.159. The van der Waals surface area contributed by atoms with Crippen molar-refractivity contribution in [1.82, 2.24) is 4.90 Å². The first-order valence-corrected chi connectivity index (χ1v) is 8.98. The Morgan fingerprint density at radius 2 is 1.58 bits per heavy atom. The number of carbonyl (C=O) groups excluding carboxylic acids is 2. The van der Waals surface area contributed by atoms with E-state index >= 15 is 0 Å². The average molecular weight is 351 g/mol. The Bertz CT molecular complexity index is 795. The van der Waals surface area contributed by atoms with Crippen LogP contribution in [0.25, 0.3) is 0 Å². The number of nitrogens with zero attached hydrogens (tertiary/aromatic N) is 1. The van der Waals surface area contributed by atoms with Gasteiger partial charge in [-0.15, -0.1) is 0 Å². The Labute approximate surface area is 154 Å². The summed E-state index contributed by atoms with van der Waals surface area (Å²) >= 11 is 0. The minimum Gasteiger partial charge on any atom is -0.443 e. The molecule has 4 nitrogen and oxygen atoms in total. The third kappa shape index (κ3) is 2.90. The molecule has 2 aromatic rings. The van der Waals surface area contributed by atoms with Gasteiger partial charge in [0.1, 0.15) is 5.60 Å². The van der Waals surface area contributed by atoms with Crippen LogP contribution in [-0.4, -0.2) is 22.5 Å². The second kappa shape index (κ2) is 6.60. The van der Waals surface area contributed by atoms with Gasteiger partial charge in [0.15, 0.2) is 0 Å². The highest BCUT2D eigenvalue weighted by atomic mass is 16.6. The molecule has 1 saturated heterocycles. The van der Waals surface area contributed by atoms with Crippen LogP contribution in [0.1, 0.15) is 51.3 Å². The smallest absolute Gasteiger partial charge is 0.417 e. The van der Waals surface area contributed by atoms with Crippen molar-refractivity contribution in [2.75, 3.05) is 0 Å². The van der Waals surface area contributed by atoms with Crippen LogP contribution in [-0.2, 0) is 14.9 Å². The number of amides is 2. The van der Waals surface area contributed by atoms with Gasteiger partial charge in [-0.05, 0) is 38.3 Å². The van der Waals surface area contributed by atoms with Crippen LogP contribution >= 0.6 is 0 Å². The van der Waals surface area contributed by atoms with E-state index in [0.29, 0.717) is 6.42 Å². The van der Waals surface area contributed by atoms with Gasteiger partial charge in [0, 0.05) is 0 Å². The molecule has 0 saturated carbocycles. The van der Waals surface area contributed by atoms with Gasteiger partial charge in [-0.25, -0.2) is 9.69 Å². The Hall–Kier alpha value is -2.62. The van der Waals surface area contributed by atoms with Crippen molar-refractivity contribution < 1.29 is 14.3 Å². The van der Waals surface area contributed by atoms with Crippen LogP contribution in [0.15, 0.2) is 60.7 Å². The highest BCUT2D eigenvalue weighted by molar-refractivity contribution is 6.06. The maximum atomic E-state index is 13.3. The SMILES string of the molecule is CC[C@@]1(c2ccccc2)C(=O)N(C(=O)OC(C)(C)C)[C@@H]1c1ccccc1. The summed E-state index contributed by atoms with van der Waals surface area (Å²) in [5.74, 6) is -0.200. The number of likely N-dealkylation sites (tertiary alicyclic amines) is 1. The van der Waals surface area contributed by atoms with E-state index in [4.69, 9.17) is 4.74 Å². The lowest BCUT2D eigenvalue weighted by Crippen LogP contribution is -2.68. The van der Waals surface area contributed by atoms with E-state index in [9.17, 15) is 9.59 Å². The number of carbonyl (C=O) groups is 2. The number of hydrogen-bond donors (Lipinski definition) is 0. The number of ether oxygens (including phenoxy) is 1. The summed E-state index contributed by atoms with van der Waals surface area (Å²) in [6, 6.07) is 19.0. The molecule has 4 heteroatoms.